The van der Waals surface area contributed by atoms with E-state index in [4.69, 9.17) is 0 Å². The number of hydrogen-bond donors (Lipinski definition) is 1. The number of hydrogen-bond acceptors (Lipinski definition) is 2. The first kappa shape index (κ1) is 15.1. The highest BCUT2D eigenvalue weighted by Crippen LogP contribution is 2.29. The summed E-state index contributed by atoms with van der Waals surface area (Å²) < 4.78 is 0. The number of rotatable bonds is 3. The van der Waals surface area contributed by atoms with E-state index in [0.717, 1.165) is 44.3 Å². The molecule has 4 heteroatoms. The van der Waals surface area contributed by atoms with E-state index in [-0.39, 0.29) is 17.9 Å². The molecule has 2 fully saturated rings. The van der Waals surface area contributed by atoms with Crippen molar-refractivity contribution in [1.82, 2.24) is 10.2 Å². The van der Waals surface area contributed by atoms with Gasteiger partial charge < -0.3 is 10.2 Å². The summed E-state index contributed by atoms with van der Waals surface area (Å²) in [6, 6.07) is 7.81. The molecule has 1 N–H and O–H groups in total. The number of piperidine rings is 1. The largest absolute Gasteiger partial charge is 0.349 e. The summed E-state index contributed by atoms with van der Waals surface area (Å²) in [6.07, 6.45) is 5.03. The first-order chi connectivity index (χ1) is 10.6. The van der Waals surface area contributed by atoms with Crippen molar-refractivity contribution in [3.05, 3.63) is 35.4 Å². The molecule has 0 atom stereocenters. The maximum Gasteiger partial charge on any atom is 0.251 e. The Morgan fingerprint density at radius 1 is 1.05 bits per heavy atom. The van der Waals surface area contributed by atoms with E-state index in [9.17, 15) is 9.59 Å². The minimum atomic E-state index is -0.0104. The van der Waals surface area contributed by atoms with Gasteiger partial charge >= 0.3 is 0 Å². The SMILES string of the molecule is Cc1ccc(C(=O)NC2CCN(C(=O)C3CCC3)CC2)cc1. The third kappa shape index (κ3) is 3.32. The van der Waals surface area contributed by atoms with Crippen LogP contribution in [0.25, 0.3) is 0 Å². The summed E-state index contributed by atoms with van der Waals surface area (Å²) in [7, 11) is 0. The van der Waals surface area contributed by atoms with Crippen molar-refractivity contribution in [1.29, 1.82) is 0 Å². The molecule has 1 aliphatic heterocycles. The molecule has 1 saturated heterocycles. The number of carbonyl (C=O) groups is 2. The van der Waals surface area contributed by atoms with E-state index >= 15 is 0 Å². The molecule has 0 aromatic heterocycles. The van der Waals surface area contributed by atoms with Gasteiger partial charge in [-0.25, -0.2) is 0 Å². The quantitative estimate of drug-likeness (QED) is 0.932. The molecule has 0 radical (unpaired) electrons. The van der Waals surface area contributed by atoms with Gasteiger partial charge in [-0.1, -0.05) is 24.1 Å². The van der Waals surface area contributed by atoms with Gasteiger partial charge in [0.25, 0.3) is 5.91 Å². The summed E-state index contributed by atoms with van der Waals surface area (Å²) in [6.45, 7) is 3.55. The third-order valence-corrected chi connectivity index (χ3v) is 4.91. The zero-order valence-electron chi connectivity index (χ0n) is 13.2. The van der Waals surface area contributed by atoms with Crippen LogP contribution < -0.4 is 5.32 Å². The number of benzene rings is 1. The number of likely N-dealkylation sites (tertiary alicyclic amines) is 1. The molecule has 0 spiro atoms. The predicted molar refractivity (Wildman–Crippen MR) is 85.6 cm³/mol. The fourth-order valence-electron chi connectivity index (χ4n) is 3.13. The molecule has 118 valence electrons. The molecule has 1 heterocycles. The smallest absolute Gasteiger partial charge is 0.251 e. The van der Waals surface area contributed by atoms with Crippen molar-refractivity contribution in [3.63, 3.8) is 0 Å². The average Bonchev–Trinajstić information content (AvgIpc) is 2.46. The maximum atomic E-state index is 12.2. The van der Waals surface area contributed by atoms with E-state index in [1.807, 2.05) is 36.1 Å². The van der Waals surface area contributed by atoms with E-state index in [2.05, 4.69) is 5.32 Å². The van der Waals surface area contributed by atoms with E-state index in [1.54, 1.807) is 0 Å². The first-order valence-corrected chi connectivity index (χ1v) is 8.30. The van der Waals surface area contributed by atoms with Crippen LogP contribution >= 0.6 is 0 Å². The average molecular weight is 300 g/mol. The Balaban J connectivity index is 1.48. The van der Waals surface area contributed by atoms with Crippen LogP contribution in [0.3, 0.4) is 0 Å². The molecule has 1 aliphatic carbocycles. The van der Waals surface area contributed by atoms with Crippen LogP contribution in [0, 0.1) is 12.8 Å². The molecule has 1 aromatic rings. The van der Waals surface area contributed by atoms with Crippen LogP contribution in [0.2, 0.25) is 0 Å². The molecule has 4 nitrogen and oxygen atoms in total. The molecule has 3 rings (SSSR count). The Labute approximate surface area is 131 Å². The molecule has 1 aromatic carbocycles. The van der Waals surface area contributed by atoms with Crippen LogP contribution in [0.5, 0.6) is 0 Å². The summed E-state index contributed by atoms with van der Waals surface area (Å²) in [5.74, 6) is 0.594. The Kier molecular flexibility index (Phi) is 4.46. The fourth-order valence-corrected chi connectivity index (χ4v) is 3.13. The normalized spacial score (nSPS) is 19.6. The summed E-state index contributed by atoms with van der Waals surface area (Å²) >= 11 is 0. The van der Waals surface area contributed by atoms with Gasteiger partial charge in [-0.2, -0.15) is 0 Å². The second-order valence-electron chi connectivity index (χ2n) is 6.57. The van der Waals surface area contributed by atoms with E-state index < -0.39 is 0 Å². The third-order valence-electron chi connectivity index (χ3n) is 4.91. The van der Waals surface area contributed by atoms with Gasteiger partial charge in [0.2, 0.25) is 5.91 Å². The highest BCUT2D eigenvalue weighted by molar-refractivity contribution is 5.94. The van der Waals surface area contributed by atoms with Gasteiger partial charge in [-0.15, -0.1) is 0 Å². The summed E-state index contributed by atoms with van der Waals surface area (Å²) in [5.41, 5.74) is 1.86. The van der Waals surface area contributed by atoms with Crippen molar-refractivity contribution >= 4 is 11.8 Å². The maximum absolute atomic E-state index is 12.2. The van der Waals surface area contributed by atoms with Crippen LogP contribution in [0.4, 0.5) is 0 Å². The van der Waals surface area contributed by atoms with Crippen molar-refractivity contribution in [2.75, 3.05) is 13.1 Å². The molecule has 1 saturated carbocycles. The molecule has 2 aliphatic rings. The minimum absolute atomic E-state index is 0.0104. The lowest BCUT2D eigenvalue weighted by atomic mass is 9.84. The Morgan fingerprint density at radius 2 is 1.68 bits per heavy atom. The predicted octanol–water partition coefficient (Wildman–Crippen LogP) is 2.52. The van der Waals surface area contributed by atoms with Gasteiger partial charge in [0.05, 0.1) is 0 Å². The van der Waals surface area contributed by atoms with Crippen LogP contribution in [-0.2, 0) is 4.79 Å². The monoisotopic (exact) mass is 300 g/mol. The molecular weight excluding hydrogens is 276 g/mol. The van der Waals surface area contributed by atoms with Crippen LogP contribution in [-0.4, -0.2) is 35.8 Å². The molecule has 2 amide bonds. The van der Waals surface area contributed by atoms with E-state index in [1.165, 1.54) is 6.42 Å². The van der Waals surface area contributed by atoms with Crippen molar-refractivity contribution in [2.45, 2.75) is 45.1 Å². The number of carbonyl (C=O) groups excluding carboxylic acids is 2. The van der Waals surface area contributed by atoms with Crippen LogP contribution in [0.1, 0.15) is 48.0 Å². The molecule has 0 bridgehead atoms. The fraction of sp³-hybridized carbons (Fsp3) is 0.556. The molecule has 22 heavy (non-hydrogen) atoms. The Morgan fingerprint density at radius 3 is 2.23 bits per heavy atom. The van der Waals surface area contributed by atoms with E-state index in [0.29, 0.717) is 11.5 Å². The zero-order valence-corrected chi connectivity index (χ0v) is 13.2. The van der Waals surface area contributed by atoms with Crippen molar-refractivity contribution in [2.24, 2.45) is 5.92 Å². The van der Waals surface area contributed by atoms with Gasteiger partial charge in [-0.3, -0.25) is 9.59 Å². The van der Waals surface area contributed by atoms with Crippen LogP contribution in [0.15, 0.2) is 24.3 Å². The number of nitrogens with one attached hydrogen (secondary N) is 1. The number of aryl methyl sites for hydroxylation is 1. The number of nitrogens with zero attached hydrogens (tertiary/aromatic N) is 1. The zero-order chi connectivity index (χ0) is 15.5. The van der Waals surface area contributed by atoms with Crippen molar-refractivity contribution < 1.29 is 9.59 Å². The summed E-state index contributed by atoms with van der Waals surface area (Å²) in [4.78, 5) is 26.4. The lowest BCUT2D eigenvalue weighted by Crippen LogP contribution is -2.48. The molecule has 0 unspecified atom stereocenters. The van der Waals surface area contributed by atoms with Gasteiger partial charge in [0.1, 0.15) is 0 Å². The summed E-state index contributed by atoms with van der Waals surface area (Å²) in [5, 5.41) is 3.09. The highest BCUT2D eigenvalue weighted by Gasteiger charge is 2.31. The Bertz CT molecular complexity index is 541. The second kappa shape index (κ2) is 6.51. The topological polar surface area (TPSA) is 49.4 Å². The Hall–Kier alpha value is -1.84. The van der Waals surface area contributed by atoms with Gasteiger partial charge in [-0.05, 0) is 44.7 Å². The van der Waals surface area contributed by atoms with Gasteiger partial charge in [0.15, 0.2) is 0 Å². The van der Waals surface area contributed by atoms with Crippen molar-refractivity contribution in [3.8, 4) is 0 Å². The number of amides is 2. The second-order valence-corrected chi connectivity index (χ2v) is 6.57. The molecular formula is C18H24N2O2. The lowest BCUT2D eigenvalue weighted by Gasteiger charge is -2.36. The lowest BCUT2D eigenvalue weighted by molar-refractivity contribution is -0.139. The first-order valence-electron chi connectivity index (χ1n) is 8.30. The standard InChI is InChI=1S/C18H24N2O2/c1-13-5-7-14(8-6-13)17(21)19-16-9-11-20(12-10-16)18(22)15-3-2-4-15/h5-8,15-16H,2-4,9-12H2,1H3,(H,19,21). The minimum Gasteiger partial charge on any atom is -0.349 e. The van der Waals surface area contributed by atoms with Gasteiger partial charge in [0, 0.05) is 30.6 Å². The highest BCUT2D eigenvalue weighted by atomic mass is 16.2.